The molecule has 0 aromatic carbocycles. The fraction of sp³-hybridized carbons (Fsp3) is 0.556. The monoisotopic (exact) mass is 185 g/mol. The van der Waals surface area contributed by atoms with E-state index in [2.05, 4.69) is 0 Å². The number of amides is 1. The first-order valence-corrected chi connectivity index (χ1v) is 4.28. The highest BCUT2D eigenvalue weighted by Gasteiger charge is 2.05. The molecular formula is C9H15NO3. The molecule has 0 atom stereocenters. The molecule has 0 saturated heterocycles. The molecule has 0 spiro atoms. The zero-order chi connectivity index (χ0) is 10.3. The molecule has 0 aliphatic rings. The van der Waals surface area contributed by atoms with Crippen molar-refractivity contribution in [2.24, 2.45) is 5.73 Å². The van der Waals surface area contributed by atoms with Gasteiger partial charge in [-0.05, 0) is 12.8 Å². The quantitative estimate of drug-likeness (QED) is 0.508. The van der Waals surface area contributed by atoms with Crippen molar-refractivity contribution in [1.29, 1.82) is 0 Å². The van der Waals surface area contributed by atoms with Crippen molar-refractivity contribution < 1.29 is 14.3 Å². The summed E-state index contributed by atoms with van der Waals surface area (Å²) in [6.07, 6.45) is 2.35. The van der Waals surface area contributed by atoms with Gasteiger partial charge in [-0.15, -0.1) is 0 Å². The van der Waals surface area contributed by atoms with Crippen LogP contribution in [0.2, 0.25) is 0 Å². The molecule has 2 N–H and O–H groups in total. The van der Waals surface area contributed by atoms with Gasteiger partial charge in [-0.3, -0.25) is 4.79 Å². The van der Waals surface area contributed by atoms with Crippen LogP contribution in [-0.4, -0.2) is 18.5 Å². The second kappa shape index (κ2) is 6.22. The molecule has 0 aromatic heterocycles. The van der Waals surface area contributed by atoms with Gasteiger partial charge < -0.3 is 10.5 Å². The number of primary amides is 1. The van der Waals surface area contributed by atoms with Gasteiger partial charge in [-0.25, -0.2) is 4.79 Å². The van der Waals surface area contributed by atoms with E-state index in [1.54, 1.807) is 6.92 Å². The third kappa shape index (κ3) is 5.00. The first-order chi connectivity index (χ1) is 6.11. The van der Waals surface area contributed by atoms with Gasteiger partial charge in [0.1, 0.15) is 0 Å². The Morgan fingerprint density at radius 2 is 2.00 bits per heavy atom. The molecule has 0 fully saturated rings. The summed E-state index contributed by atoms with van der Waals surface area (Å²) in [5, 5.41) is 0. The summed E-state index contributed by atoms with van der Waals surface area (Å²) in [5.41, 5.74) is 5.30. The van der Waals surface area contributed by atoms with Gasteiger partial charge in [0.2, 0.25) is 5.91 Å². The van der Waals surface area contributed by atoms with Crippen LogP contribution < -0.4 is 5.73 Å². The Labute approximate surface area is 77.7 Å². The van der Waals surface area contributed by atoms with Crippen LogP contribution in [0, 0.1) is 0 Å². The van der Waals surface area contributed by atoms with Crippen molar-refractivity contribution in [2.45, 2.75) is 26.7 Å². The van der Waals surface area contributed by atoms with Crippen molar-refractivity contribution in [1.82, 2.24) is 0 Å². The van der Waals surface area contributed by atoms with Gasteiger partial charge in [0.05, 0.1) is 6.61 Å². The average Bonchev–Trinajstić information content (AvgIpc) is 2.10. The average molecular weight is 185 g/mol. The number of nitrogens with two attached hydrogens (primary N) is 1. The first-order valence-electron chi connectivity index (χ1n) is 4.28. The number of ether oxygens (including phenoxy) is 1. The molecule has 0 unspecified atom stereocenters. The minimum absolute atomic E-state index is 0.293. The van der Waals surface area contributed by atoms with E-state index in [1.165, 1.54) is 0 Å². The Hall–Kier alpha value is -1.32. The number of carbonyl (C=O) groups is 2. The van der Waals surface area contributed by atoms with Gasteiger partial charge in [-0.2, -0.15) is 0 Å². The second-order valence-electron chi connectivity index (χ2n) is 2.55. The molecule has 4 nitrogen and oxygen atoms in total. The van der Waals surface area contributed by atoms with Gasteiger partial charge in [0.15, 0.2) is 0 Å². The van der Waals surface area contributed by atoms with Crippen LogP contribution in [0.1, 0.15) is 26.7 Å². The van der Waals surface area contributed by atoms with Crippen molar-refractivity contribution >= 4 is 11.9 Å². The highest BCUT2D eigenvalue weighted by Crippen LogP contribution is 1.99. The fourth-order valence-corrected chi connectivity index (χ4v) is 0.734. The maximum absolute atomic E-state index is 11.0. The number of rotatable bonds is 5. The van der Waals surface area contributed by atoms with Crippen molar-refractivity contribution in [2.75, 3.05) is 6.61 Å². The maximum Gasteiger partial charge on any atom is 0.331 e. The summed E-state index contributed by atoms with van der Waals surface area (Å²) in [4.78, 5) is 21.7. The molecule has 0 radical (unpaired) electrons. The van der Waals surface area contributed by atoms with Crippen molar-refractivity contribution in [3.05, 3.63) is 11.6 Å². The van der Waals surface area contributed by atoms with Crippen LogP contribution in [0.25, 0.3) is 0 Å². The van der Waals surface area contributed by atoms with E-state index in [9.17, 15) is 9.59 Å². The van der Waals surface area contributed by atoms with Crippen molar-refractivity contribution in [3.8, 4) is 0 Å². The lowest BCUT2D eigenvalue weighted by atomic mass is 10.2. The molecule has 0 bridgehead atoms. The van der Waals surface area contributed by atoms with E-state index in [1.807, 2.05) is 6.92 Å². The molecule has 0 saturated carbocycles. The number of carbonyl (C=O) groups excluding carboxylic acids is 2. The van der Waals surface area contributed by atoms with E-state index in [0.29, 0.717) is 18.6 Å². The summed E-state index contributed by atoms with van der Waals surface area (Å²) in [7, 11) is 0. The fourth-order valence-electron chi connectivity index (χ4n) is 0.734. The summed E-state index contributed by atoms with van der Waals surface area (Å²) in [6, 6.07) is 0. The summed E-state index contributed by atoms with van der Waals surface area (Å²) >= 11 is 0. The van der Waals surface area contributed by atoms with Crippen LogP contribution >= 0.6 is 0 Å². The van der Waals surface area contributed by atoms with Gasteiger partial charge in [0, 0.05) is 11.6 Å². The molecule has 0 aliphatic heterocycles. The van der Waals surface area contributed by atoms with Gasteiger partial charge in [-0.1, -0.05) is 13.8 Å². The predicted octanol–water partition coefficient (Wildman–Crippen LogP) is 0.761. The van der Waals surface area contributed by atoms with Gasteiger partial charge >= 0.3 is 5.97 Å². The van der Waals surface area contributed by atoms with E-state index >= 15 is 0 Å². The van der Waals surface area contributed by atoms with E-state index in [-0.39, 0.29) is 0 Å². The van der Waals surface area contributed by atoms with E-state index < -0.39 is 11.9 Å². The number of esters is 1. The van der Waals surface area contributed by atoms with Crippen LogP contribution in [-0.2, 0) is 14.3 Å². The molecule has 74 valence electrons. The normalized spacial score (nSPS) is 11.1. The Morgan fingerprint density at radius 3 is 2.38 bits per heavy atom. The Bertz CT molecular complexity index is 221. The molecule has 0 rings (SSSR count). The summed E-state index contributed by atoms with van der Waals surface area (Å²) < 4.78 is 4.75. The van der Waals surface area contributed by atoms with Crippen molar-refractivity contribution in [3.63, 3.8) is 0 Å². The van der Waals surface area contributed by atoms with Crippen LogP contribution in [0.3, 0.4) is 0 Å². The standard InChI is InChI=1S/C9H15NO3/c1-3-5-13-8(11)6-7(4-2)9(10)12/h6H,3-5H2,1-2H3,(H2,10,12)/b7-6-. The first kappa shape index (κ1) is 11.7. The molecule has 0 aliphatic carbocycles. The minimum Gasteiger partial charge on any atom is -0.463 e. The third-order valence-corrected chi connectivity index (χ3v) is 1.44. The smallest absolute Gasteiger partial charge is 0.331 e. The third-order valence-electron chi connectivity index (χ3n) is 1.44. The topological polar surface area (TPSA) is 69.4 Å². The molecule has 13 heavy (non-hydrogen) atoms. The minimum atomic E-state index is -0.573. The molecule has 4 heteroatoms. The van der Waals surface area contributed by atoms with Crippen LogP contribution in [0.5, 0.6) is 0 Å². The number of hydrogen-bond acceptors (Lipinski definition) is 3. The highest BCUT2D eigenvalue weighted by atomic mass is 16.5. The van der Waals surface area contributed by atoms with Crippen LogP contribution in [0.4, 0.5) is 0 Å². The SMILES string of the molecule is CCCOC(=O)/C=C(/CC)C(N)=O. The lowest BCUT2D eigenvalue weighted by Gasteiger charge is -2.00. The highest BCUT2D eigenvalue weighted by molar-refractivity contribution is 5.98. The molecule has 1 amide bonds. The molecular weight excluding hydrogens is 170 g/mol. The molecule has 0 aromatic rings. The lowest BCUT2D eigenvalue weighted by molar-refractivity contribution is -0.138. The lowest BCUT2D eigenvalue weighted by Crippen LogP contribution is -2.15. The summed E-state index contributed by atoms with van der Waals surface area (Å²) in [6.45, 7) is 4.01. The van der Waals surface area contributed by atoms with E-state index in [0.717, 1.165) is 12.5 Å². The Balaban J connectivity index is 4.17. The Morgan fingerprint density at radius 1 is 1.38 bits per heavy atom. The Kier molecular flexibility index (Phi) is 5.59. The largest absolute Gasteiger partial charge is 0.463 e. The molecule has 0 heterocycles. The number of hydrogen-bond donors (Lipinski definition) is 1. The summed E-state index contributed by atoms with van der Waals surface area (Å²) in [5.74, 6) is -1.08. The van der Waals surface area contributed by atoms with Crippen LogP contribution in [0.15, 0.2) is 11.6 Å². The zero-order valence-electron chi connectivity index (χ0n) is 8.00. The second-order valence-corrected chi connectivity index (χ2v) is 2.55. The maximum atomic E-state index is 11.0. The van der Waals surface area contributed by atoms with E-state index in [4.69, 9.17) is 10.5 Å². The predicted molar refractivity (Wildman–Crippen MR) is 48.8 cm³/mol. The zero-order valence-corrected chi connectivity index (χ0v) is 8.00. The van der Waals surface area contributed by atoms with Gasteiger partial charge in [0.25, 0.3) is 0 Å².